The van der Waals surface area contributed by atoms with Crippen molar-refractivity contribution in [1.82, 2.24) is 5.32 Å². The van der Waals surface area contributed by atoms with E-state index in [2.05, 4.69) is 37.9 Å². The zero-order valence-electron chi connectivity index (χ0n) is 12.9. The highest BCUT2D eigenvalue weighted by Gasteiger charge is 2.22. The monoisotopic (exact) mass is 273 g/mol. The van der Waals surface area contributed by atoms with Crippen LogP contribution in [0.3, 0.4) is 0 Å². The van der Waals surface area contributed by atoms with E-state index in [0.717, 1.165) is 5.56 Å². The Hall–Kier alpha value is -1.79. The molecule has 1 aromatic rings. The molecule has 1 atom stereocenters. The lowest BCUT2D eigenvalue weighted by atomic mass is 9.88. The van der Waals surface area contributed by atoms with E-state index in [0.29, 0.717) is 11.1 Å². The minimum absolute atomic E-state index is 0.00268. The van der Waals surface area contributed by atoms with E-state index >= 15 is 0 Å². The Morgan fingerprint density at radius 2 is 2.05 bits per heavy atom. The Morgan fingerprint density at radius 3 is 2.60 bits per heavy atom. The molecular formula is C17H23NO2. The van der Waals surface area contributed by atoms with Gasteiger partial charge >= 0.3 is 0 Å². The second-order valence-corrected chi connectivity index (χ2v) is 6.07. The summed E-state index contributed by atoms with van der Waals surface area (Å²) in [6.45, 7) is 9.97. The Balaban J connectivity index is 3.04. The third-order valence-electron chi connectivity index (χ3n) is 3.37. The van der Waals surface area contributed by atoms with Crippen molar-refractivity contribution in [2.45, 2.75) is 40.7 Å². The number of aryl methyl sites for hydroxylation is 1. The van der Waals surface area contributed by atoms with Crippen molar-refractivity contribution in [2.24, 2.45) is 5.41 Å². The smallest absolute Gasteiger partial charge is 0.252 e. The number of aliphatic hydroxyl groups excluding tert-OH is 1. The Bertz CT molecular complexity index is 544. The van der Waals surface area contributed by atoms with Gasteiger partial charge in [0.15, 0.2) is 0 Å². The van der Waals surface area contributed by atoms with Crippen LogP contribution in [0.5, 0.6) is 0 Å². The van der Waals surface area contributed by atoms with E-state index in [4.69, 9.17) is 5.11 Å². The molecule has 3 nitrogen and oxygen atoms in total. The third kappa shape index (κ3) is 4.40. The van der Waals surface area contributed by atoms with Crippen molar-refractivity contribution >= 4 is 5.91 Å². The molecule has 3 heteroatoms. The number of hydrogen-bond acceptors (Lipinski definition) is 2. The van der Waals surface area contributed by atoms with Crippen LogP contribution in [0, 0.1) is 24.2 Å². The van der Waals surface area contributed by atoms with Gasteiger partial charge in [-0.05, 0) is 37.0 Å². The number of amides is 1. The summed E-state index contributed by atoms with van der Waals surface area (Å²) in [4.78, 5) is 12.4. The lowest BCUT2D eigenvalue weighted by Gasteiger charge is -2.28. The summed E-state index contributed by atoms with van der Waals surface area (Å²) in [6.07, 6.45) is 0. The van der Waals surface area contributed by atoms with Gasteiger partial charge in [0.05, 0.1) is 5.56 Å². The maximum atomic E-state index is 12.4. The molecule has 0 aliphatic rings. The van der Waals surface area contributed by atoms with E-state index in [1.54, 1.807) is 6.07 Å². The van der Waals surface area contributed by atoms with Crippen LogP contribution in [-0.4, -0.2) is 23.7 Å². The number of hydrogen-bond donors (Lipinski definition) is 2. The van der Waals surface area contributed by atoms with Crippen molar-refractivity contribution in [1.29, 1.82) is 0 Å². The van der Waals surface area contributed by atoms with Crippen molar-refractivity contribution in [3.05, 3.63) is 34.9 Å². The van der Waals surface area contributed by atoms with Crippen LogP contribution in [0.2, 0.25) is 0 Å². The molecule has 1 amide bonds. The van der Waals surface area contributed by atoms with Gasteiger partial charge in [-0.15, -0.1) is 0 Å². The first-order valence-corrected chi connectivity index (χ1v) is 6.77. The van der Waals surface area contributed by atoms with Gasteiger partial charge in [-0.3, -0.25) is 4.79 Å². The standard InChI is InChI=1S/C17H23NO2/c1-12-8-9-15(14(11-12)7-6-10-19)16(20)18-13(2)17(3,4)5/h8-9,11,13,19H,10H2,1-5H3,(H,18,20). The van der Waals surface area contributed by atoms with E-state index < -0.39 is 0 Å². The molecule has 0 spiro atoms. The molecule has 1 aromatic carbocycles. The molecule has 0 aliphatic carbocycles. The molecule has 0 heterocycles. The Morgan fingerprint density at radius 1 is 1.40 bits per heavy atom. The molecule has 1 unspecified atom stereocenters. The molecule has 0 aliphatic heterocycles. The zero-order valence-corrected chi connectivity index (χ0v) is 12.9. The number of rotatable bonds is 2. The summed E-state index contributed by atoms with van der Waals surface area (Å²) in [5, 5.41) is 11.8. The number of carbonyl (C=O) groups excluding carboxylic acids is 1. The molecule has 1 rings (SSSR count). The predicted octanol–water partition coefficient (Wildman–Crippen LogP) is 2.50. The SMILES string of the molecule is Cc1ccc(C(=O)NC(C)C(C)(C)C)c(C#CCO)c1. The molecule has 108 valence electrons. The molecule has 0 bridgehead atoms. The number of carbonyl (C=O) groups is 1. The van der Waals surface area contributed by atoms with Crippen LogP contribution in [0.4, 0.5) is 0 Å². The maximum absolute atomic E-state index is 12.4. The molecule has 0 fully saturated rings. The Kier molecular flexibility index (Phi) is 5.35. The summed E-state index contributed by atoms with van der Waals surface area (Å²) in [5.41, 5.74) is 2.23. The van der Waals surface area contributed by atoms with Gasteiger partial charge in [-0.25, -0.2) is 0 Å². The fourth-order valence-electron chi connectivity index (χ4n) is 1.59. The number of benzene rings is 1. The van der Waals surface area contributed by atoms with Gasteiger partial charge in [0.1, 0.15) is 6.61 Å². The first-order valence-electron chi connectivity index (χ1n) is 6.77. The van der Waals surface area contributed by atoms with Gasteiger partial charge in [0, 0.05) is 11.6 Å². The topological polar surface area (TPSA) is 49.3 Å². The molecule has 20 heavy (non-hydrogen) atoms. The average Bonchev–Trinajstić information content (AvgIpc) is 2.35. The fourth-order valence-corrected chi connectivity index (χ4v) is 1.59. The fraction of sp³-hybridized carbons (Fsp3) is 0.471. The van der Waals surface area contributed by atoms with Crippen molar-refractivity contribution in [2.75, 3.05) is 6.61 Å². The first kappa shape index (κ1) is 16.3. The van der Waals surface area contributed by atoms with Crippen molar-refractivity contribution in [3.8, 4) is 11.8 Å². The minimum atomic E-state index is -0.215. The lowest BCUT2D eigenvalue weighted by Crippen LogP contribution is -2.41. The summed E-state index contributed by atoms with van der Waals surface area (Å²) in [6, 6.07) is 5.58. The average molecular weight is 273 g/mol. The second-order valence-electron chi connectivity index (χ2n) is 6.07. The molecule has 2 N–H and O–H groups in total. The minimum Gasteiger partial charge on any atom is -0.384 e. The summed E-state index contributed by atoms with van der Waals surface area (Å²) in [5.74, 6) is 5.30. The maximum Gasteiger partial charge on any atom is 0.252 e. The summed E-state index contributed by atoms with van der Waals surface area (Å²) in [7, 11) is 0. The zero-order chi connectivity index (χ0) is 15.3. The van der Waals surface area contributed by atoms with E-state index in [1.165, 1.54) is 0 Å². The van der Waals surface area contributed by atoms with Gasteiger partial charge in [-0.1, -0.05) is 38.7 Å². The van der Waals surface area contributed by atoms with Gasteiger partial charge in [0.25, 0.3) is 5.91 Å². The quantitative estimate of drug-likeness (QED) is 0.813. The molecule has 0 aromatic heterocycles. The highest BCUT2D eigenvalue weighted by molar-refractivity contribution is 5.97. The third-order valence-corrected chi connectivity index (χ3v) is 3.37. The molecular weight excluding hydrogens is 250 g/mol. The highest BCUT2D eigenvalue weighted by atomic mass is 16.2. The van der Waals surface area contributed by atoms with Gasteiger partial charge in [-0.2, -0.15) is 0 Å². The van der Waals surface area contributed by atoms with Crippen LogP contribution in [0.15, 0.2) is 18.2 Å². The van der Waals surface area contributed by atoms with Gasteiger partial charge in [0.2, 0.25) is 0 Å². The van der Waals surface area contributed by atoms with Crippen LogP contribution in [0.1, 0.15) is 49.2 Å². The summed E-state index contributed by atoms with van der Waals surface area (Å²) >= 11 is 0. The van der Waals surface area contributed by atoms with Crippen molar-refractivity contribution < 1.29 is 9.90 Å². The van der Waals surface area contributed by atoms with Gasteiger partial charge < -0.3 is 10.4 Å². The predicted molar refractivity (Wildman–Crippen MR) is 81.5 cm³/mol. The molecule has 0 saturated heterocycles. The lowest BCUT2D eigenvalue weighted by molar-refractivity contribution is 0.0910. The largest absolute Gasteiger partial charge is 0.384 e. The van der Waals surface area contributed by atoms with Crippen LogP contribution in [0.25, 0.3) is 0 Å². The highest BCUT2D eigenvalue weighted by Crippen LogP contribution is 2.19. The van der Waals surface area contributed by atoms with Crippen LogP contribution < -0.4 is 5.32 Å². The summed E-state index contributed by atoms with van der Waals surface area (Å²) < 4.78 is 0. The number of nitrogens with one attached hydrogen (secondary N) is 1. The van der Waals surface area contributed by atoms with E-state index in [9.17, 15) is 4.79 Å². The Labute approximate surface area is 121 Å². The van der Waals surface area contributed by atoms with E-state index in [-0.39, 0.29) is 24.0 Å². The van der Waals surface area contributed by atoms with Crippen LogP contribution >= 0.6 is 0 Å². The first-order chi connectivity index (χ1) is 9.25. The molecule has 0 radical (unpaired) electrons. The van der Waals surface area contributed by atoms with E-state index in [1.807, 2.05) is 26.0 Å². The normalized spacial score (nSPS) is 12.3. The number of aliphatic hydroxyl groups is 1. The second kappa shape index (κ2) is 6.58. The van der Waals surface area contributed by atoms with Crippen molar-refractivity contribution in [3.63, 3.8) is 0 Å². The van der Waals surface area contributed by atoms with Crippen LogP contribution in [-0.2, 0) is 0 Å². The molecule has 0 saturated carbocycles.